The summed E-state index contributed by atoms with van der Waals surface area (Å²) < 4.78 is 0. The molecule has 0 atom stereocenters. The molecule has 2 heterocycles. The molecule has 1 aliphatic heterocycles. The highest BCUT2D eigenvalue weighted by molar-refractivity contribution is 5.75. The first-order valence-electron chi connectivity index (χ1n) is 5.29. The predicted molar refractivity (Wildman–Crippen MR) is 54.7 cm³/mol. The van der Waals surface area contributed by atoms with E-state index in [1.54, 1.807) is 7.05 Å². The van der Waals surface area contributed by atoms with E-state index in [-0.39, 0.29) is 0 Å². The molecule has 1 saturated heterocycles. The van der Waals surface area contributed by atoms with Gasteiger partial charge < -0.3 is 10.4 Å². The van der Waals surface area contributed by atoms with Gasteiger partial charge in [0.2, 0.25) is 0 Å². The summed E-state index contributed by atoms with van der Waals surface area (Å²) in [5, 5.41) is 24.1. The zero-order valence-corrected chi connectivity index (χ0v) is 9.18. The van der Waals surface area contributed by atoms with Gasteiger partial charge >= 0.3 is 5.97 Å². The van der Waals surface area contributed by atoms with Crippen molar-refractivity contribution in [2.75, 3.05) is 13.1 Å². The van der Waals surface area contributed by atoms with Crippen molar-refractivity contribution in [2.24, 2.45) is 12.5 Å². The van der Waals surface area contributed by atoms with Crippen LogP contribution in [0.1, 0.15) is 18.7 Å². The van der Waals surface area contributed by atoms with Crippen LogP contribution in [0.25, 0.3) is 0 Å². The summed E-state index contributed by atoms with van der Waals surface area (Å²) in [4.78, 5) is 12.7. The molecule has 88 valence electrons. The maximum Gasteiger partial charge on any atom is 0.310 e. The summed E-state index contributed by atoms with van der Waals surface area (Å²) in [6.45, 7) is 1.46. The molecule has 0 saturated carbocycles. The molecule has 7 nitrogen and oxygen atoms in total. The van der Waals surface area contributed by atoms with Gasteiger partial charge in [-0.1, -0.05) is 0 Å². The Bertz CT molecular complexity index is 383. The summed E-state index contributed by atoms with van der Waals surface area (Å²) in [5.74, 6) is -0.256. The summed E-state index contributed by atoms with van der Waals surface area (Å²) in [6, 6.07) is 0. The van der Waals surface area contributed by atoms with Gasteiger partial charge in [0, 0.05) is 6.42 Å². The molecule has 0 unspecified atom stereocenters. The lowest BCUT2D eigenvalue weighted by atomic mass is 9.76. The van der Waals surface area contributed by atoms with Crippen molar-refractivity contribution >= 4 is 5.97 Å². The Kier molecular flexibility index (Phi) is 2.86. The van der Waals surface area contributed by atoms with Crippen molar-refractivity contribution in [1.29, 1.82) is 0 Å². The lowest BCUT2D eigenvalue weighted by Gasteiger charge is -2.32. The lowest BCUT2D eigenvalue weighted by molar-refractivity contribution is -0.150. The van der Waals surface area contributed by atoms with Crippen molar-refractivity contribution in [3.63, 3.8) is 0 Å². The molecule has 1 aliphatic rings. The minimum absolute atomic E-state index is 0.359. The van der Waals surface area contributed by atoms with Crippen LogP contribution in [-0.4, -0.2) is 44.4 Å². The van der Waals surface area contributed by atoms with Crippen molar-refractivity contribution in [3.8, 4) is 0 Å². The molecule has 1 aromatic heterocycles. The fourth-order valence-electron chi connectivity index (χ4n) is 2.07. The van der Waals surface area contributed by atoms with Crippen LogP contribution in [-0.2, 0) is 18.3 Å². The molecule has 0 spiro atoms. The second-order valence-corrected chi connectivity index (χ2v) is 4.21. The topological polar surface area (TPSA) is 92.9 Å². The highest BCUT2D eigenvalue weighted by atomic mass is 16.4. The SMILES string of the molecule is Cn1nnc(CC2(C(=O)O)CCNCC2)n1. The summed E-state index contributed by atoms with van der Waals surface area (Å²) in [6.07, 6.45) is 1.58. The minimum atomic E-state index is -0.763. The number of aliphatic carboxylic acids is 1. The predicted octanol–water partition coefficient (Wildman–Crippen LogP) is -0.793. The second-order valence-electron chi connectivity index (χ2n) is 4.21. The number of rotatable bonds is 3. The number of carboxylic acids is 1. The number of piperidine rings is 1. The largest absolute Gasteiger partial charge is 0.481 e. The van der Waals surface area contributed by atoms with Gasteiger partial charge in [0.1, 0.15) is 0 Å². The molecule has 7 heteroatoms. The average molecular weight is 225 g/mol. The fourth-order valence-corrected chi connectivity index (χ4v) is 2.07. The number of aryl methyl sites for hydroxylation is 1. The highest BCUT2D eigenvalue weighted by Crippen LogP contribution is 2.32. The molecule has 2 rings (SSSR count). The van der Waals surface area contributed by atoms with E-state index in [4.69, 9.17) is 0 Å². The Balaban J connectivity index is 2.16. The molecular weight excluding hydrogens is 210 g/mol. The molecule has 1 aromatic rings. The number of nitrogens with zero attached hydrogens (tertiary/aromatic N) is 4. The van der Waals surface area contributed by atoms with Crippen LogP contribution in [0.4, 0.5) is 0 Å². The molecule has 0 aromatic carbocycles. The number of carboxylic acid groups (broad SMARTS) is 1. The van der Waals surface area contributed by atoms with Crippen LogP contribution in [0, 0.1) is 5.41 Å². The number of carbonyl (C=O) groups is 1. The normalized spacial score (nSPS) is 19.6. The number of tetrazole rings is 1. The second kappa shape index (κ2) is 4.17. The van der Waals surface area contributed by atoms with E-state index in [1.807, 2.05) is 0 Å². The van der Waals surface area contributed by atoms with Crippen LogP contribution in [0.3, 0.4) is 0 Å². The Morgan fingerprint density at radius 3 is 2.75 bits per heavy atom. The molecule has 2 N–H and O–H groups in total. The Morgan fingerprint density at radius 2 is 2.25 bits per heavy atom. The van der Waals surface area contributed by atoms with Crippen LogP contribution >= 0.6 is 0 Å². The maximum absolute atomic E-state index is 11.4. The van der Waals surface area contributed by atoms with Crippen molar-refractivity contribution in [3.05, 3.63) is 5.82 Å². The van der Waals surface area contributed by atoms with Crippen molar-refractivity contribution in [1.82, 2.24) is 25.5 Å². The molecule has 1 fully saturated rings. The minimum Gasteiger partial charge on any atom is -0.481 e. The Labute approximate surface area is 92.8 Å². The molecular formula is C9H15N5O2. The van der Waals surface area contributed by atoms with Gasteiger partial charge in [-0.05, 0) is 31.1 Å². The van der Waals surface area contributed by atoms with Crippen LogP contribution < -0.4 is 5.32 Å². The first-order chi connectivity index (χ1) is 7.62. The van der Waals surface area contributed by atoms with E-state index in [2.05, 4.69) is 20.7 Å². The van der Waals surface area contributed by atoms with Gasteiger partial charge in [-0.25, -0.2) is 0 Å². The van der Waals surface area contributed by atoms with E-state index in [1.165, 1.54) is 4.80 Å². The first-order valence-corrected chi connectivity index (χ1v) is 5.29. The van der Waals surface area contributed by atoms with E-state index < -0.39 is 11.4 Å². The first kappa shape index (κ1) is 11.0. The fraction of sp³-hybridized carbons (Fsp3) is 0.778. The summed E-state index contributed by atoms with van der Waals surface area (Å²) in [5.41, 5.74) is -0.728. The van der Waals surface area contributed by atoms with Crippen LogP contribution in [0.15, 0.2) is 0 Å². The lowest BCUT2D eigenvalue weighted by Crippen LogP contribution is -2.43. The van der Waals surface area contributed by atoms with Gasteiger partial charge in [-0.2, -0.15) is 4.80 Å². The quantitative estimate of drug-likeness (QED) is 0.700. The smallest absolute Gasteiger partial charge is 0.310 e. The third-order valence-electron chi connectivity index (χ3n) is 3.06. The number of hydrogen-bond acceptors (Lipinski definition) is 5. The number of nitrogens with one attached hydrogen (secondary N) is 1. The van der Waals surface area contributed by atoms with Gasteiger partial charge in [-0.3, -0.25) is 4.79 Å². The zero-order valence-electron chi connectivity index (χ0n) is 9.18. The number of hydrogen-bond donors (Lipinski definition) is 2. The van der Waals surface area contributed by atoms with E-state index >= 15 is 0 Å². The monoisotopic (exact) mass is 225 g/mol. The average Bonchev–Trinajstić information content (AvgIpc) is 2.65. The Hall–Kier alpha value is -1.50. The van der Waals surface area contributed by atoms with Gasteiger partial charge in [0.05, 0.1) is 12.5 Å². The Morgan fingerprint density at radius 1 is 1.56 bits per heavy atom. The highest BCUT2D eigenvalue weighted by Gasteiger charge is 2.40. The molecule has 0 bridgehead atoms. The molecule has 0 aliphatic carbocycles. The van der Waals surface area contributed by atoms with Crippen molar-refractivity contribution < 1.29 is 9.90 Å². The summed E-state index contributed by atoms with van der Waals surface area (Å²) >= 11 is 0. The third-order valence-corrected chi connectivity index (χ3v) is 3.06. The zero-order chi connectivity index (χ0) is 11.6. The molecule has 0 radical (unpaired) electrons. The van der Waals surface area contributed by atoms with Crippen molar-refractivity contribution in [2.45, 2.75) is 19.3 Å². The summed E-state index contributed by atoms with van der Waals surface area (Å²) in [7, 11) is 1.67. The maximum atomic E-state index is 11.4. The van der Waals surface area contributed by atoms with E-state index in [9.17, 15) is 9.90 Å². The standard InChI is InChI=1S/C9H15N5O2/c1-14-12-7(11-13-14)6-9(8(15)16)2-4-10-5-3-9/h10H,2-6H2,1H3,(H,15,16). The van der Waals surface area contributed by atoms with E-state index in [0.29, 0.717) is 25.1 Å². The van der Waals surface area contributed by atoms with Gasteiger partial charge in [0.25, 0.3) is 0 Å². The van der Waals surface area contributed by atoms with Gasteiger partial charge in [-0.15, -0.1) is 10.2 Å². The molecule has 16 heavy (non-hydrogen) atoms. The van der Waals surface area contributed by atoms with E-state index in [0.717, 1.165) is 13.1 Å². The van der Waals surface area contributed by atoms with Gasteiger partial charge in [0.15, 0.2) is 5.82 Å². The van der Waals surface area contributed by atoms with Crippen LogP contribution in [0.2, 0.25) is 0 Å². The number of aromatic nitrogens is 4. The molecule has 0 amide bonds. The van der Waals surface area contributed by atoms with Crippen LogP contribution in [0.5, 0.6) is 0 Å². The third kappa shape index (κ3) is 2.04.